The van der Waals surface area contributed by atoms with Crippen LogP contribution in [0.25, 0.3) is 0 Å². The smallest absolute Gasteiger partial charge is 0.220 e. The maximum atomic E-state index is 12.6. The average molecular weight is 341 g/mol. The number of nitrogens with one attached hydrogen (secondary N) is 2. The predicted octanol–water partition coefficient (Wildman–Crippen LogP) is 3.66. The van der Waals surface area contributed by atoms with Crippen molar-refractivity contribution < 1.29 is 4.79 Å². The molecule has 4 heteroatoms. The minimum atomic E-state index is 0. The summed E-state index contributed by atoms with van der Waals surface area (Å²) in [6.07, 6.45) is 9.65. The van der Waals surface area contributed by atoms with E-state index in [1.54, 1.807) is 0 Å². The van der Waals surface area contributed by atoms with Crippen molar-refractivity contribution in [2.45, 2.75) is 90.3 Å². The zero-order valence-electron chi connectivity index (χ0n) is 14.9. The molecular weight excluding hydrogens is 308 g/mol. The third-order valence-corrected chi connectivity index (χ3v) is 8.17. The van der Waals surface area contributed by atoms with Crippen LogP contribution < -0.4 is 10.6 Å². The third kappa shape index (κ3) is 2.72. The highest BCUT2D eigenvalue weighted by Crippen LogP contribution is 2.65. The number of carbonyl (C=O) groups is 1. The monoisotopic (exact) mass is 340 g/mol. The quantitative estimate of drug-likeness (QED) is 0.823. The molecule has 2 N–H and O–H groups in total. The SMILES string of the molecule is CC1(C)C2CCC1(C)C(NC(=O)CC1CC3CCC(C1)N3)C2.Cl. The summed E-state index contributed by atoms with van der Waals surface area (Å²) in [5, 5.41) is 7.12. The summed E-state index contributed by atoms with van der Waals surface area (Å²) in [5.41, 5.74) is 0.694. The molecule has 0 aromatic carbocycles. The highest BCUT2D eigenvalue weighted by Gasteiger charge is 2.61. The van der Waals surface area contributed by atoms with Crippen molar-refractivity contribution in [3.8, 4) is 0 Å². The van der Waals surface area contributed by atoms with Crippen molar-refractivity contribution in [2.24, 2.45) is 22.7 Å². The van der Waals surface area contributed by atoms with Crippen LogP contribution in [0.2, 0.25) is 0 Å². The van der Waals surface area contributed by atoms with Gasteiger partial charge in [0, 0.05) is 24.5 Å². The molecule has 3 nitrogen and oxygen atoms in total. The molecular formula is C19H33ClN2O. The van der Waals surface area contributed by atoms with Crippen LogP contribution >= 0.6 is 12.4 Å². The highest BCUT2D eigenvalue weighted by atomic mass is 35.5. The normalized spacial score (nSPS) is 46.5. The summed E-state index contributed by atoms with van der Waals surface area (Å²) >= 11 is 0. The van der Waals surface area contributed by atoms with Crippen molar-refractivity contribution >= 4 is 18.3 Å². The summed E-state index contributed by atoms with van der Waals surface area (Å²) < 4.78 is 0. The molecule has 2 saturated carbocycles. The maximum Gasteiger partial charge on any atom is 0.220 e. The van der Waals surface area contributed by atoms with Crippen molar-refractivity contribution in [1.29, 1.82) is 0 Å². The Hall–Kier alpha value is -0.280. The molecule has 4 rings (SSSR count). The lowest BCUT2D eigenvalue weighted by Crippen LogP contribution is -2.47. The van der Waals surface area contributed by atoms with Crippen LogP contribution in [0.15, 0.2) is 0 Å². The number of fused-ring (bicyclic) bond motifs is 4. The Morgan fingerprint density at radius 1 is 1.09 bits per heavy atom. The molecule has 132 valence electrons. The first-order valence-electron chi connectivity index (χ1n) is 9.44. The molecule has 4 fully saturated rings. The van der Waals surface area contributed by atoms with Crippen LogP contribution in [-0.2, 0) is 4.79 Å². The molecule has 2 aliphatic heterocycles. The maximum absolute atomic E-state index is 12.6. The number of rotatable bonds is 3. The lowest BCUT2D eigenvalue weighted by Gasteiger charge is -2.39. The second-order valence-corrected chi connectivity index (χ2v) is 9.41. The van der Waals surface area contributed by atoms with Gasteiger partial charge in [-0.05, 0) is 67.6 Å². The van der Waals surface area contributed by atoms with Crippen molar-refractivity contribution in [2.75, 3.05) is 0 Å². The zero-order chi connectivity index (χ0) is 15.5. The number of halogens is 1. The number of hydrogen-bond acceptors (Lipinski definition) is 2. The van der Waals surface area contributed by atoms with Gasteiger partial charge in [0.05, 0.1) is 0 Å². The van der Waals surface area contributed by atoms with Gasteiger partial charge >= 0.3 is 0 Å². The average Bonchev–Trinajstić information content (AvgIpc) is 2.96. The Kier molecular flexibility index (Phi) is 4.51. The Labute approximate surface area is 147 Å². The van der Waals surface area contributed by atoms with E-state index in [4.69, 9.17) is 0 Å². The van der Waals surface area contributed by atoms with Gasteiger partial charge in [0.15, 0.2) is 0 Å². The second-order valence-electron chi connectivity index (χ2n) is 9.41. The minimum absolute atomic E-state index is 0. The molecule has 4 bridgehead atoms. The van der Waals surface area contributed by atoms with E-state index in [9.17, 15) is 4.79 Å². The fraction of sp³-hybridized carbons (Fsp3) is 0.947. The van der Waals surface area contributed by atoms with E-state index >= 15 is 0 Å². The Morgan fingerprint density at radius 2 is 1.74 bits per heavy atom. The first kappa shape index (κ1) is 17.5. The van der Waals surface area contributed by atoms with Gasteiger partial charge in [0.25, 0.3) is 0 Å². The summed E-state index contributed by atoms with van der Waals surface area (Å²) in [7, 11) is 0. The van der Waals surface area contributed by atoms with Crippen LogP contribution in [0.3, 0.4) is 0 Å². The van der Waals surface area contributed by atoms with E-state index in [1.807, 2.05) is 0 Å². The fourth-order valence-corrected chi connectivity index (χ4v) is 6.28. The molecule has 4 aliphatic rings. The molecule has 2 saturated heterocycles. The molecule has 0 aromatic heterocycles. The van der Waals surface area contributed by atoms with Crippen molar-refractivity contribution in [3.63, 3.8) is 0 Å². The fourth-order valence-electron chi connectivity index (χ4n) is 6.28. The lowest BCUT2D eigenvalue weighted by molar-refractivity contribution is -0.124. The number of amides is 1. The van der Waals surface area contributed by atoms with Crippen molar-refractivity contribution in [3.05, 3.63) is 0 Å². The van der Waals surface area contributed by atoms with Crippen LogP contribution in [0, 0.1) is 22.7 Å². The summed E-state index contributed by atoms with van der Waals surface area (Å²) in [6.45, 7) is 7.25. The molecule has 5 atom stereocenters. The van der Waals surface area contributed by atoms with Gasteiger partial charge in [-0.3, -0.25) is 4.79 Å². The largest absolute Gasteiger partial charge is 0.353 e. The number of hydrogen-bond donors (Lipinski definition) is 2. The minimum Gasteiger partial charge on any atom is -0.353 e. The van der Waals surface area contributed by atoms with Gasteiger partial charge in [-0.25, -0.2) is 0 Å². The lowest BCUT2D eigenvalue weighted by atomic mass is 9.69. The molecule has 5 unspecified atom stereocenters. The molecule has 1 amide bonds. The first-order valence-corrected chi connectivity index (χ1v) is 9.44. The number of carbonyl (C=O) groups excluding carboxylic acids is 1. The molecule has 2 aliphatic carbocycles. The van der Waals surface area contributed by atoms with Gasteiger partial charge < -0.3 is 10.6 Å². The standard InChI is InChI=1S/C19H32N2O.ClH/c1-18(2)13-6-7-19(18,3)16(11-13)21-17(22)10-12-8-14-4-5-15(9-12)20-14;/h12-16,20H,4-11H2,1-3H3,(H,21,22);1H. The van der Waals surface area contributed by atoms with Gasteiger partial charge in [-0.1, -0.05) is 20.8 Å². The molecule has 23 heavy (non-hydrogen) atoms. The molecule has 0 radical (unpaired) electrons. The zero-order valence-corrected chi connectivity index (χ0v) is 15.7. The van der Waals surface area contributed by atoms with Gasteiger partial charge in [-0.15, -0.1) is 12.4 Å². The molecule has 0 aromatic rings. The molecule has 2 heterocycles. The number of piperidine rings is 1. The summed E-state index contributed by atoms with van der Waals surface area (Å²) in [6, 6.07) is 1.79. The van der Waals surface area contributed by atoms with E-state index < -0.39 is 0 Å². The van der Waals surface area contributed by atoms with Gasteiger partial charge in [0.1, 0.15) is 0 Å². The Bertz CT molecular complexity index is 468. The van der Waals surface area contributed by atoms with Crippen LogP contribution in [0.4, 0.5) is 0 Å². The van der Waals surface area contributed by atoms with E-state index in [0.717, 1.165) is 12.3 Å². The summed E-state index contributed by atoms with van der Waals surface area (Å²) in [5.74, 6) is 1.73. The van der Waals surface area contributed by atoms with E-state index in [-0.39, 0.29) is 12.4 Å². The van der Waals surface area contributed by atoms with E-state index in [0.29, 0.717) is 40.8 Å². The summed E-state index contributed by atoms with van der Waals surface area (Å²) in [4.78, 5) is 12.6. The van der Waals surface area contributed by atoms with E-state index in [1.165, 1.54) is 44.9 Å². The predicted molar refractivity (Wildman–Crippen MR) is 95.7 cm³/mol. The second kappa shape index (κ2) is 5.91. The topological polar surface area (TPSA) is 41.1 Å². The molecule has 0 spiro atoms. The Morgan fingerprint density at radius 3 is 2.26 bits per heavy atom. The van der Waals surface area contributed by atoms with Crippen LogP contribution in [-0.4, -0.2) is 24.0 Å². The van der Waals surface area contributed by atoms with Crippen LogP contribution in [0.1, 0.15) is 72.1 Å². The van der Waals surface area contributed by atoms with Crippen LogP contribution in [0.5, 0.6) is 0 Å². The van der Waals surface area contributed by atoms with Gasteiger partial charge in [-0.2, -0.15) is 0 Å². The highest BCUT2D eigenvalue weighted by molar-refractivity contribution is 5.85. The van der Waals surface area contributed by atoms with Gasteiger partial charge in [0.2, 0.25) is 5.91 Å². The first-order chi connectivity index (χ1) is 10.4. The van der Waals surface area contributed by atoms with E-state index in [2.05, 4.69) is 31.4 Å². The third-order valence-electron chi connectivity index (χ3n) is 8.17. The Balaban J connectivity index is 0.00000156. The van der Waals surface area contributed by atoms with Crippen molar-refractivity contribution in [1.82, 2.24) is 10.6 Å².